The molecule has 2 aromatic carbocycles. The van der Waals surface area contributed by atoms with Crippen LogP contribution in [0.15, 0.2) is 53.4 Å². The van der Waals surface area contributed by atoms with Crippen molar-refractivity contribution in [1.29, 1.82) is 0 Å². The van der Waals surface area contributed by atoms with Crippen LogP contribution in [0.2, 0.25) is 0 Å². The number of anilines is 1. The Hall–Kier alpha value is -2.67. The average molecular weight is 429 g/mol. The molecule has 0 radical (unpaired) electrons. The van der Waals surface area contributed by atoms with Gasteiger partial charge < -0.3 is 10.6 Å². The summed E-state index contributed by atoms with van der Waals surface area (Å²) in [5, 5.41) is 5.79. The lowest BCUT2D eigenvalue weighted by Gasteiger charge is -2.23. The zero-order valence-electron chi connectivity index (χ0n) is 17.2. The molecule has 0 bridgehead atoms. The molecule has 0 aromatic heterocycles. The molecular weight excluding hydrogens is 400 g/mol. The van der Waals surface area contributed by atoms with Crippen molar-refractivity contribution < 1.29 is 18.0 Å². The summed E-state index contributed by atoms with van der Waals surface area (Å²) < 4.78 is 25.1. The van der Waals surface area contributed by atoms with Crippen LogP contribution in [0, 0.1) is 0 Å². The minimum atomic E-state index is -3.56. The van der Waals surface area contributed by atoms with Crippen LogP contribution in [0.5, 0.6) is 0 Å². The summed E-state index contributed by atoms with van der Waals surface area (Å²) in [6.07, 6.45) is 5.78. The molecule has 160 valence electrons. The monoisotopic (exact) mass is 428 g/mol. The highest BCUT2D eigenvalue weighted by molar-refractivity contribution is 7.91. The highest BCUT2D eigenvalue weighted by Crippen LogP contribution is 2.23. The summed E-state index contributed by atoms with van der Waals surface area (Å²) in [6.45, 7) is 1.78. The van der Waals surface area contributed by atoms with Crippen LogP contribution >= 0.6 is 0 Å². The smallest absolute Gasteiger partial charge is 0.257 e. The number of benzene rings is 2. The first-order chi connectivity index (χ1) is 14.4. The van der Waals surface area contributed by atoms with Crippen molar-refractivity contribution in [3.05, 3.63) is 59.7 Å². The molecule has 0 unspecified atom stereocenters. The normalized spacial score (nSPS) is 14.8. The van der Waals surface area contributed by atoms with Gasteiger partial charge in [-0.15, -0.1) is 0 Å². The van der Waals surface area contributed by atoms with Crippen molar-refractivity contribution >= 4 is 27.3 Å². The van der Waals surface area contributed by atoms with Crippen LogP contribution in [0.3, 0.4) is 0 Å². The lowest BCUT2D eigenvalue weighted by atomic mass is 9.95. The molecule has 1 aliphatic rings. The number of amides is 2. The molecule has 0 saturated heterocycles. The Morgan fingerprint density at radius 1 is 0.900 bits per heavy atom. The number of carbonyl (C=O) groups is 2. The first kappa shape index (κ1) is 22.0. The predicted octanol–water partition coefficient (Wildman–Crippen LogP) is 4.19. The molecular formula is C23H28N2O4S. The topological polar surface area (TPSA) is 92.3 Å². The second kappa shape index (κ2) is 9.89. The fourth-order valence-electron chi connectivity index (χ4n) is 3.79. The van der Waals surface area contributed by atoms with Crippen LogP contribution in [0.4, 0.5) is 5.69 Å². The van der Waals surface area contributed by atoms with E-state index in [0.717, 1.165) is 25.7 Å². The van der Waals surface area contributed by atoms with E-state index in [0.29, 0.717) is 17.7 Å². The van der Waals surface area contributed by atoms with Crippen LogP contribution in [0.25, 0.3) is 0 Å². The number of sulfone groups is 1. The van der Waals surface area contributed by atoms with Gasteiger partial charge in [0.25, 0.3) is 11.8 Å². The maximum absolute atomic E-state index is 12.9. The predicted molar refractivity (Wildman–Crippen MR) is 118 cm³/mol. The second-order valence-corrected chi connectivity index (χ2v) is 9.70. The Morgan fingerprint density at radius 3 is 2.23 bits per heavy atom. The molecule has 0 aliphatic heterocycles. The number of nitrogens with one attached hydrogen (secondary N) is 2. The van der Waals surface area contributed by atoms with E-state index < -0.39 is 15.7 Å². The maximum atomic E-state index is 12.9. The zero-order valence-corrected chi connectivity index (χ0v) is 18.0. The third-order valence-electron chi connectivity index (χ3n) is 5.30. The molecule has 1 saturated carbocycles. The minimum absolute atomic E-state index is 0.00786. The van der Waals surface area contributed by atoms with Crippen LogP contribution < -0.4 is 10.6 Å². The molecule has 2 aromatic rings. The molecule has 1 fully saturated rings. The summed E-state index contributed by atoms with van der Waals surface area (Å²) in [6, 6.07) is 13.1. The lowest BCUT2D eigenvalue weighted by molar-refractivity contribution is 0.0928. The van der Waals surface area contributed by atoms with Gasteiger partial charge in [-0.05, 0) is 43.5 Å². The number of hydrogen-bond donors (Lipinski definition) is 2. The molecule has 0 atom stereocenters. The number of carbonyl (C=O) groups excluding carboxylic acids is 2. The summed E-state index contributed by atoms with van der Waals surface area (Å²) in [5.41, 5.74) is 0.803. The van der Waals surface area contributed by atoms with E-state index in [4.69, 9.17) is 0 Å². The van der Waals surface area contributed by atoms with Crippen molar-refractivity contribution in [2.24, 2.45) is 0 Å². The molecule has 6 nitrogen and oxygen atoms in total. The first-order valence-electron chi connectivity index (χ1n) is 10.5. The number of para-hydroxylation sites is 1. The Labute approximate surface area is 178 Å². The lowest BCUT2D eigenvalue weighted by Crippen LogP contribution is -2.36. The van der Waals surface area contributed by atoms with Crippen molar-refractivity contribution in [2.45, 2.75) is 56.4 Å². The molecule has 3 rings (SSSR count). The quantitative estimate of drug-likeness (QED) is 0.692. The second-order valence-electron chi connectivity index (χ2n) is 7.62. The molecule has 7 heteroatoms. The Morgan fingerprint density at radius 2 is 1.53 bits per heavy atom. The minimum Gasteiger partial charge on any atom is -0.349 e. The number of hydrogen-bond acceptors (Lipinski definition) is 4. The van der Waals surface area contributed by atoms with Crippen LogP contribution in [-0.4, -0.2) is 32.0 Å². The molecule has 1 aliphatic carbocycles. The SMILES string of the molecule is CCCS(=O)(=O)c1ccccc1C(=O)Nc1ccccc1C(=O)NC1CCCCC1. The van der Waals surface area contributed by atoms with Gasteiger partial charge in [0, 0.05) is 6.04 Å². The maximum Gasteiger partial charge on any atom is 0.257 e. The van der Waals surface area contributed by atoms with Gasteiger partial charge in [-0.2, -0.15) is 0 Å². The molecule has 2 N–H and O–H groups in total. The van der Waals surface area contributed by atoms with Gasteiger partial charge >= 0.3 is 0 Å². The summed E-state index contributed by atoms with van der Waals surface area (Å²) in [4.78, 5) is 25.8. The molecule has 0 heterocycles. The summed E-state index contributed by atoms with van der Waals surface area (Å²) >= 11 is 0. The van der Waals surface area contributed by atoms with Crippen LogP contribution in [0.1, 0.15) is 66.2 Å². The highest BCUT2D eigenvalue weighted by atomic mass is 32.2. The Bertz CT molecular complexity index is 1010. The first-order valence-corrected chi connectivity index (χ1v) is 12.1. The summed E-state index contributed by atoms with van der Waals surface area (Å²) in [5.74, 6) is -0.814. The largest absolute Gasteiger partial charge is 0.349 e. The zero-order chi connectivity index (χ0) is 21.6. The van der Waals surface area contributed by atoms with Crippen LogP contribution in [-0.2, 0) is 9.84 Å². The highest BCUT2D eigenvalue weighted by Gasteiger charge is 2.23. The van der Waals surface area contributed by atoms with E-state index in [1.165, 1.54) is 18.6 Å². The van der Waals surface area contributed by atoms with Gasteiger partial charge in [0.2, 0.25) is 0 Å². The van der Waals surface area contributed by atoms with Crippen molar-refractivity contribution in [2.75, 3.05) is 11.1 Å². The fourth-order valence-corrected chi connectivity index (χ4v) is 5.33. The van der Waals surface area contributed by atoms with Gasteiger partial charge in [0.15, 0.2) is 9.84 Å². The fraction of sp³-hybridized carbons (Fsp3) is 0.391. The van der Waals surface area contributed by atoms with Gasteiger partial charge in [-0.25, -0.2) is 8.42 Å². The van der Waals surface area contributed by atoms with Gasteiger partial charge in [-0.3, -0.25) is 9.59 Å². The van der Waals surface area contributed by atoms with Gasteiger partial charge in [-0.1, -0.05) is 50.5 Å². The van der Waals surface area contributed by atoms with Crippen molar-refractivity contribution in [1.82, 2.24) is 5.32 Å². The van der Waals surface area contributed by atoms with E-state index in [1.807, 2.05) is 0 Å². The Balaban J connectivity index is 1.83. The molecule has 2 amide bonds. The van der Waals surface area contributed by atoms with Crippen molar-refractivity contribution in [3.8, 4) is 0 Å². The van der Waals surface area contributed by atoms with Gasteiger partial charge in [0.1, 0.15) is 0 Å². The van der Waals surface area contributed by atoms with E-state index in [-0.39, 0.29) is 28.2 Å². The number of rotatable bonds is 7. The molecule has 30 heavy (non-hydrogen) atoms. The molecule has 0 spiro atoms. The third kappa shape index (κ3) is 5.27. The van der Waals surface area contributed by atoms with E-state index in [2.05, 4.69) is 10.6 Å². The van der Waals surface area contributed by atoms with Crippen molar-refractivity contribution in [3.63, 3.8) is 0 Å². The van der Waals surface area contributed by atoms with E-state index in [1.54, 1.807) is 43.3 Å². The Kier molecular flexibility index (Phi) is 7.26. The van der Waals surface area contributed by atoms with E-state index >= 15 is 0 Å². The van der Waals surface area contributed by atoms with Gasteiger partial charge in [0.05, 0.1) is 27.5 Å². The third-order valence-corrected chi connectivity index (χ3v) is 7.27. The standard InChI is InChI=1S/C23H28N2O4S/c1-2-16-30(28,29)21-15-9-7-13-19(21)23(27)25-20-14-8-6-12-18(20)22(26)24-17-10-4-3-5-11-17/h6-9,12-15,17H,2-5,10-11,16H2,1H3,(H,24,26)(H,25,27). The summed E-state index contributed by atoms with van der Waals surface area (Å²) in [7, 11) is -3.56. The van der Waals surface area contributed by atoms with E-state index in [9.17, 15) is 18.0 Å². The average Bonchev–Trinajstić information content (AvgIpc) is 2.75.